The van der Waals surface area contributed by atoms with Crippen LogP contribution in [0.4, 0.5) is 5.82 Å². The van der Waals surface area contributed by atoms with Gasteiger partial charge in [-0.25, -0.2) is 4.68 Å². The molecule has 4 heteroatoms. The standard InChI is InChI=1S/C18H24N4/c1-13-9-18-20-11-14(12-22(18)21-13)10-19-17-8-4-6-15-5-2-3-7-16(15)17/h2-3,5,7,9,14,17,19-20H,4,6,8,10-12H2,1H3/t14-,17+/m1/s1. The Morgan fingerprint density at radius 3 is 3.23 bits per heavy atom. The van der Waals surface area contributed by atoms with Crippen molar-refractivity contribution in [1.29, 1.82) is 0 Å². The first-order chi connectivity index (χ1) is 10.8. The van der Waals surface area contributed by atoms with Crippen LogP contribution in [0.2, 0.25) is 0 Å². The van der Waals surface area contributed by atoms with Crippen LogP contribution in [0.25, 0.3) is 0 Å². The van der Waals surface area contributed by atoms with E-state index in [4.69, 9.17) is 0 Å². The summed E-state index contributed by atoms with van der Waals surface area (Å²) in [5, 5.41) is 11.9. The van der Waals surface area contributed by atoms with Crippen molar-refractivity contribution in [2.24, 2.45) is 5.92 Å². The Morgan fingerprint density at radius 1 is 1.36 bits per heavy atom. The van der Waals surface area contributed by atoms with Gasteiger partial charge in [-0.05, 0) is 37.3 Å². The number of rotatable bonds is 3. The van der Waals surface area contributed by atoms with E-state index in [0.29, 0.717) is 12.0 Å². The Hall–Kier alpha value is -1.81. The van der Waals surface area contributed by atoms with Gasteiger partial charge in [0.05, 0.1) is 5.69 Å². The predicted molar refractivity (Wildman–Crippen MR) is 89.1 cm³/mol. The molecule has 1 aliphatic heterocycles. The molecule has 2 heterocycles. The van der Waals surface area contributed by atoms with Crippen molar-refractivity contribution in [2.75, 3.05) is 18.4 Å². The molecule has 1 aromatic carbocycles. The van der Waals surface area contributed by atoms with E-state index in [1.807, 2.05) is 0 Å². The van der Waals surface area contributed by atoms with Crippen LogP contribution in [0.15, 0.2) is 30.3 Å². The Balaban J connectivity index is 1.40. The molecule has 1 aromatic heterocycles. The van der Waals surface area contributed by atoms with E-state index in [1.165, 1.54) is 30.4 Å². The van der Waals surface area contributed by atoms with Crippen LogP contribution in [0, 0.1) is 12.8 Å². The van der Waals surface area contributed by atoms with Crippen LogP contribution < -0.4 is 10.6 Å². The highest BCUT2D eigenvalue weighted by molar-refractivity contribution is 5.38. The lowest BCUT2D eigenvalue weighted by Crippen LogP contribution is -2.37. The summed E-state index contributed by atoms with van der Waals surface area (Å²) < 4.78 is 2.11. The normalized spacial score (nSPS) is 23.5. The van der Waals surface area contributed by atoms with Crippen LogP contribution in [0.1, 0.15) is 35.7 Å². The molecule has 4 nitrogen and oxygen atoms in total. The van der Waals surface area contributed by atoms with E-state index in [-0.39, 0.29) is 0 Å². The number of hydrogen-bond acceptors (Lipinski definition) is 3. The highest BCUT2D eigenvalue weighted by Crippen LogP contribution is 2.29. The summed E-state index contributed by atoms with van der Waals surface area (Å²) in [6, 6.07) is 11.5. The minimum absolute atomic E-state index is 0.519. The van der Waals surface area contributed by atoms with Crippen molar-refractivity contribution in [1.82, 2.24) is 15.1 Å². The molecule has 0 saturated heterocycles. The highest BCUT2D eigenvalue weighted by atomic mass is 15.3. The summed E-state index contributed by atoms with van der Waals surface area (Å²) in [4.78, 5) is 0. The number of fused-ring (bicyclic) bond motifs is 2. The summed E-state index contributed by atoms with van der Waals surface area (Å²) in [6.07, 6.45) is 3.78. The molecule has 0 unspecified atom stereocenters. The topological polar surface area (TPSA) is 41.9 Å². The van der Waals surface area contributed by atoms with Crippen molar-refractivity contribution in [3.05, 3.63) is 47.2 Å². The SMILES string of the molecule is Cc1cc2n(n1)C[C@H](CN[C@H]1CCCc3ccccc31)CN2. The van der Waals surface area contributed by atoms with Crippen molar-refractivity contribution in [3.8, 4) is 0 Å². The summed E-state index contributed by atoms with van der Waals surface area (Å²) in [5.74, 6) is 1.76. The molecule has 116 valence electrons. The monoisotopic (exact) mass is 296 g/mol. The minimum Gasteiger partial charge on any atom is -0.370 e. The zero-order valence-electron chi connectivity index (χ0n) is 13.2. The van der Waals surface area contributed by atoms with E-state index in [2.05, 4.69) is 57.7 Å². The van der Waals surface area contributed by atoms with Gasteiger partial charge in [0.25, 0.3) is 0 Å². The lowest BCUT2D eigenvalue weighted by Gasteiger charge is -2.30. The van der Waals surface area contributed by atoms with Gasteiger partial charge in [-0.3, -0.25) is 0 Å². The fourth-order valence-corrected chi connectivity index (χ4v) is 3.80. The van der Waals surface area contributed by atoms with Gasteiger partial charge in [-0.1, -0.05) is 24.3 Å². The molecule has 0 amide bonds. The quantitative estimate of drug-likeness (QED) is 0.915. The average Bonchev–Trinajstić information content (AvgIpc) is 2.92. The third-order valence-corrected chi connectivity index (χ3v) is 4.93. The van der Waals surface area contributed by atoms with Crippen LogP contribution in [-0.2, 0) is 13.0 Å². The van der Waals surface area contributed by atoms with E-state index in [9.17, 15) is 0 Å². The van der Waals surface area contributed by atoms with Crippen LogP contribution in [0.3, 0.4) is 0 Å². The second-order valence-electron chi connectivity index (χ2n) is 6.65. The van der Waals surface area contributed by atoms with Crippen LogP contribution in [0.5, 0.6) is 0 Å². The van der Waals surface area contributed by atoms with Gasteiger partial charge in [0.15, 0.2) is 0 Å². The predicted octanol–water partition coefficient (Wildman–Crippen LogP) is 2.90. The van der Waals surface area contributed by atoms with Gasteiger partial charge in [-0.2, -0.15) is 5.10 Å². The van der Waals surface area contributed by atoms with Gasteiger partial charge < -0.3 is 10.6 Å². The molecule has 2 aliphatic rings. The molecule has 1 aliphatic carbocycles. The molecule has 0 bridgehead atoms. The Bertz CT molecular complexity index is 661. The minimum atomic E-state index is 0.519. The fraction of sp³-hybridized carbons (Fsp3) is 0.500. The average molecular weight is 296 g/mol. The number of aryl methyl sites for hydroxylation is 2. The van der Waals surface area contributed by atoms with Gasteiger partial charge in [0, 0.05) is 37.7 Å². The zero-order chi connectivity index (χ0) is 14.9. The third-order valence-electron chi connectivity index (χ3n) is 4.93. The van der Waals surface area contributed by atoms with Crippen molar-refractivity contribution in [3.63, 3.8) is 0 Å². The number of nitrogens with one attached hydrogen (secondary N) is 2. The molecule has 0 spiro atoms. The Labute approximate surface area is 131 Å². The maximum atomic E-state index is 4.56. The molecule has 0 fully saturated rings. The maximum absolute atomic E-state index is 4.56. The van der Waals surface area contributed by atoms with Crippen molar-refractivity contribution < 1.29 is 0 Å². The lowest BCUT2D eigenvalue weighted by atomic mass is 9.87. The second-order valence-corrected chi connectivity index (χ2v) is 6.65. The number of nitrogens with zero attached hydrogens (tertiary/aromatic N) is 2. The maximum Gasteiger partial charge on any atom is 0.124 e. The number of hydrogen-bond donors (Lipinski definition) is 2. The molecule has 2 N–H and O–H groups in total. The van der Waals surface area contributed by atoms with Gasteiger partial charge >= 0.3 is 0 Å². The third kappa shape index (κ3) is 2.63. The molecule has 22 heavy (non-hydrogen) atoms. The van der Waals surface area contributed by atoms with Gasteiger partial charge in [0.1, 0.15) is 5.82 Å². The van der Waals surface area contributed by atoms with Crippen LogP contribution >= 0.6 is 0 Å². The molecule has 2 atom stereocenters. The fourth-order valence-electron chi connectivity index (χ4n) is 3.80. The van der Waals surface area contributed by atoms with E-state index >= 15 is 0 Å². The Kier molecular flexibility index (Phi) is 3.62. The molecule has 0 saturated carbocycles. The Morgan fingerprint density at radius 2 is 2.27 bits per heavy atom. The van der Waals surface area contributed by atoms with E-state index in [1.54, 1.807) is 0 Å². The first-order valence-electron chi connectivity index (χ1n) is 8.39. The highest BCUT2D eigenvalue weighted by Gasteiger charge is 2.23. The molecule has 0 radical (unpaired) electrons. The summed E-state index contributed by atoms with van der Waals surface area (Å²) >= 11 is 0. The van der Waals surface area contributed by atoms with Crippen molar-refractivity contribution >= 4 is 5.82 Å². The smallest absolute Gasteiger partial charge is 0.124 e. The largest absolute Gasteiger partial charge is 0.370 e. The molecular weight excluding hydrogens is 272 g/mol. The van der Waals surface area contributed by atoms with Gasteiger partial charge in [0.2, 0.25) is 0 Å². The first kappa shape index (κ1) is 13.8. The first-order valence-corrected chi connectivity index (χ1v) is 8.39. The molecule has 2 aromatic rings. The molecule has 4 rings (SSSR count). The van der Waals surface area contributed by atoms with Gasteiger partial charge in [-0.15, -0.1) is 0 Å². The number of benzene rings is 1. The summed E-state index contributed by atoms with van der Waals surface area (Å²) in [5.41, 5.74) is 4.13. The van der Waals surface area contributed by atoms with Crippen molar-refractivity contribution in [2.45, 2.75) is 38.8 Å². The zero-order valence-corrected chi connectivity index (χ0v) is 13.2. The van der Waals surface area contributed by atoms with E-state index in [0.717, 1.165) is 31.1 Å². The van der Waals surface area contributed by atoms with E-state index < -0.39 is 0 Å². The molecular formula is C18H24N4. The number of anilines is 1. The van der Waals surface area contributed by atoms with Crippen LogP contribution in [-0.4, -0.2) is 22.9 Å². The second kappa shape index (κ2) is 5.76. The summed E-state index contributed by atoms with van der Waals surface area (Å²) in [7, 11) is 0. The summed E-state index contributed by atoms with van der Waals surface area (Å²) in [6.45, 7) is 5.15. The lowest BCUT2D eigenvalue weighted by molar-refractivity contribution is 0.355. The number of aromatic nitrogens is 2.